The molecule has 3 rings (SSSR count). The number of rotatable bonds is 0. The molecule has 72 valence electrons. The first kappa shape index (κ1) is 8.92. The number of carbonyl (C=O) groups excluding carboxylic acids is 2. The molecule has 0 radical (unpaired) electrons. The summed E-state index contributed by atoms with van der Waals surface area (Å²) in [4.78, 5) is 23.7. The minimum Gasteiger partial charge on any atom is -0.299 e. The fourth-order valence-corrected chi connectivity index (χ4v) is 2.91. The van der Waals surface area contributed by atoms with Gasteiger partial charge in [-0.2, -0.15) is 0 Å². The average molecular weight is 180 g/mol. The molecule has 0 spiro atoms. The highest BCUT2D eigenvalue weighted by molar-refractivity contribution is 6.11. The summed E-state index contributed by atoms with van der Waals surface area (Å²) < 4.78 is 0. The molecule has 0 N–H and O–H groups in total. The van der Waals surface area contributed by atoms with Gasteiger partial charge in [0.25, 0.3) is 0 Å². The van der Waals surface area contributed by atoms with E-state index in [9.17, 15) is 9.59 Å². The summed E-state index contributed by atoms with van der Waals surface area (Å²) >= 11 is 0. The van der Waals surface area contributed by atoms with E-state index in [1.165, 1.54) is 0 Å². The van der Waals surface area contributed by atoms with Crippen molar-refractivity contribution in [3.8, 4) is 0 Å². The van der Waals surface area contributed by atoms with Crippen LogP contribution in [0.5, 0.6) is 0 Å². The molecule has 3 saturated carbocycles. The zero-order valence-electron chi connectivity index (χ0n) is 8.52. The van der Waals surface area contributed by atoms with Crippen molar-refractivity contribution >= 4 is 11.6 Å². The topological polar surface area (TPSA) is 34.1 Å². The van der Waals surface area contributed by atoms with E-state index in [0.29, 0.717) is 12.3 Å². The average Bonchev–Trinajstić information content (AvgIpc) is 2.05. The van der Waals surface area contributed by atoms with Crippen LogP contribution in [-0.4, -0.2) is 11.6 Å². The van der Waals surface area contributed by atoms with Crippen molar-refractivity contribution < 1.29 is 9.59 Å². The summed E-state index contributed by atoms with van der Waals surface area (Å²) in [5.41, 5.74) is -0.904. The van der Waals surface area contributed by atoms with Crippen molar-refractivity contribution in [1.29, 1.82) is 0 Å². The van der Waals surface area contributed by atoms with Gasteiger partial charge in [0.1, 0.15) is 5.78 Å². The number of Topliss-reactive ketones (excluding diaryl/α,β-unsaturated/α-hetero) is 2. The van der Waals surface area contributed by atoms with E-state index in [2.05, 4.69) is 0 Å². The molecule has 3 aliphatic carbocycles. The monoisotopic (exact) mass is 180 g/mol. The van der Waals surface area contributed by atoms with E-state index in [1.807, 2.05) is 20.8 Å². The van der Waals surface area contributed by atoms with Gasteiger partial charge >= 0.3 is 0 Å². The minimum atomic E-state index is -0.641. The van der Waals surface area contributed by atoms with Gasteiger partial charge in [0.05, 0.1) is 5.41 Å². The number of carbonyl (C=O) groups is 2. The molecule has 0 saturated heterocycles. The summed E-state index contributed by atoms with van der Waals surface area (Å²) in [5.74, 6) is 0.648. The summed E-state index contributed by atoms with van der Waals surface area (Å²) in [6, 6.07) is 0. The van der Waals surface area contributed by atoms with E-state index < -0.39 is 5.41 Å². The molecule has 0 aromatic carbocycles. The Balaban J connectivity index is 2.48. The second-order valence-electron chi connectivity index (χ2n) is 5.25. The van der Waals surface area contributed by atoms with Crippen LogP contribution in [0, 0.1) is 16.7 Å². The Morgan fingerprint density at radius 2 is 1.85 bits per heavy atom. The van der Waals surface area contributed by atoms with Crippen LogP contribution in [0.2, 0.25) is 0 Å². The van der Waals surface area contributed by atoms with Crippen LogP contribution in [0.3, 0.4) is 0 Å². The Bertz CT molecular complexity index is 290. The first-order valence-corrected chi connectivity index (χ1v) is 4.97. The predicted molar refractivity (Wildman–Crippen MR) is 49.2 cm³/mol. The third-order valence-corrected chi connectivity index (χ3v) is 4.15. The molecule has 0 aromatic heterocycles. The molecule has 2 bridgehead atoms. The quantitative estimate of drug-likeness (QED) is 0.534. The number of hydrogen-bond acceptors (Lipinski definition) is 2. The third-order valence-electron chi connectivity index (χ3n) is 4.15. The lowest BCUT2D eigenvalue weighted by Crippen LogP contribution is -2.57. The highest BCUT2D eigenvalue weighted by atomic mass is 16.2. The van der Waals surface area contributed by atoms with Crippen molar-refractivity contribution in [2.24, 2.45) is 16.7 Å². The zero-order valence-corrected chi connectivity index (χ0v) is 8.52. The van der Waals surface area contributed by atoms with Gasteiger partial charge in [0.2, 0.25) is 0 Å². The van der Waals surface area contributed by atoms with Crippen molar-refractivity contribution in [1.82, 2.24) is 0 Å². The van der Waals surface area contributed by atoms with E-state index in [-0.39, 0.29) is 17.0 Å². The smallest absolute Gasteiger partial charge is 0.151 e. The van der Waals surface area contributed by atoms with Crippen LogP contribution in [0.15, 0.2) is 0 Å². The molecule has 0 unspecified atom stereocenters. The summed E-state index contributed by atoms with van der Waals surface area (Å²) in [7, 11) is 0. The zero-order chi connectivity index (χ0) is 9.85. The van der Waals surface area contributed by atoms with Gasteiger partial charge in [-0.15, -0.1) is 0 Å². The van der Waals surface area contributed by atoms with E-state index in [4.69, 9.17) is 0 Å². The molecule has 13 heavy (non-hydrogen) atoms. The largest absolute Gasteiger partial charge is 0.299 e. The van der Waals surface area contributed by atoms with Gasteiger partial charge in [-0.05, 0) is 25.7 Å². The van der Waals surface area contributed by atoms with Crippen molar-refractivity contribution in [3.63, 3.8) is 0 Å². The molecular formula is C11H16O2. The predicted octanol–water partition coefficient (Wildman–Crippen LogP) is 1.97. The van der Waals surface area contributed by atoms with Crippen LogP contribution < -0.4 is 0 Å². The third kappa shape index (κ3) is 0.890. The maximum absolute atomic E-state index is 12.0. The van der Waals surface area contributed by atoms with Gasteiger partial charge in [0, 0.05) is 11.8 Å². The Labute approximate surface area is 78.7 Å². The normalized spacial score (nSPS) is 42.5. The molecule has 2 heteroatoms. The first-order chi connectivity index (χ1) is 5.89. The molecule has 0 heterocycles. The number of ketones is 2. The second-order valence-corrected chi connectivity index (χ2v) is 5.25. The number of fused-ring (bicyclic) bond motifs is 3. The second kappa shape index (κ2) is 2.23. The van der Waals surface area contributed by atoms with Gasteiger partial charge in [-0.25, -0.2) is 0 Å². The molecular weight excluding hydrogens is 164 g/mol. The van der Waals surface area contributed by atoms with E-state index >= 15 is 0 Å². The summed E-state index contributed by atoms with van der Waals surface area (Å²) in [5, 5.41) is 0. The lowest BCUT2D eigenvalue weighted by Gasteiger charge is -2.50. The fraction of sp³-hybridized carbons (Fsp3) is 0.818. The number of hydrogen-bond donors (Lipinski definition) is 0. The van der Waals surface area contributed by atoms with E-state index in [0.717, 1.165) is 12.8 Å². The molecule has 3 fully saturated rings. The molecule has 2 atom stereocenters. The van der Waals surface area contributed by atoms with Crippen molar-refractivity contribution in [3.05, 3.63) is 0 Å². The van der Waals surface area contributed by atoms with Crippen LogP contribution in [0.4, 0.5) is 0 Å². The van der Waals surface area contributed by atoms with Gasteiger partial charge < -0.3 is 0 Å². The Hall–Kier alpha value is -0.660. The van der Waals surface area contributed by atoms with Crippen LogP contribution >= 0.6 is 0 Å². The SMILES string of the molecule is CC1(C)C(=O)[C@@]2(C)CC[C@@H]1CC2=O. The van der Waals surface area contributed by atoms with E-state index in [1.54, 1.807) is 0 Å². The highest BCUT2D eigenvalue weighted by Crippen LogP contribution is 2.53. The van der Waals surface area contributed by atoms with Crippen molar-refractivity contribution in [2.45, 2.75) is 40.0 Å². The lowest BCUT2D eigenvalue weighted by atomic mass is 9.50. The van der Waals surface area contributed by atoms with Gasteiger partial charge in [0.15, 0.2) is 5.78 Å². The lowest BCUT2D eigenvalue weighted by molar-refractivity contribution is -0.161. The van der Waals surface area contributed by atoms with Crippen molar-refractivity contribution in [2.75, 3.05) is 0 Å². The first-order valence-electron chi connectivity index (χ1n) is 4.97. The molecule has 3 aliphatic rings. The molecule has 2 nitrogen and oxygen atoms in total. The minimum absolute atomic E-state index is 0.174. The Morgan fingerprint density at radius 3 is 2.31 bits per heavy atom. The Morgan fingerprint density at radius 1 is 1.23 bits per heavy atom. The van der Waals surface area contributed by atoms with Gasteiger partial charge in [-0.3, -0.25) is 9.59 Å². The van der Waals surface area contributed by atoms with Crippen LogP contribution in [-0.2, 0) is 9.59 Å². The highest BCUT2D eigenvalue weighted by Gasteiger charge is 2.58. The fourth-order valence-electron chi connectivity index (χ4n) is 2.91. The molecule has 0 aliphatic heterocycles. The molecule has 0 amide bonds. The van der Waals surface area contributed by atoms with Crippen LogP contribution in [0.25, 0.3) is 0 Å². The maximum Gasteiger partial charge on any atom is 0.151 e. The maximum atomic E-state index is 12.0. The Kier molecular flexibility index (Phi) is 1.53. The van der Waals surface area contributed by atoms with Crippen LogP contribution in [0.1, 0.15) is 40.0 Å². The standard InChI is InChI=1S/C11H16O2/c1-10(2)7-4-5-11(3,9(10)13)8(12)6-7/h7H,4-6H2,1-3H3/t7-,11+/m1/s1. The molecule has 0 aromatic rings. The van der Waals surface area contributed by atoms with Gasteiger partial charge in [-0.1, -0.05) is 13.8 Å². The summed E-state index contributed by atoms with van der Waals surface area (Å²) in [6.07, 6.45) is 2.44. The summed E-state index contributed by atoms with van der Waals surface area (Å²) in [6.45, 7) is 5.81.